The first-order valence-electron chi connectivity index (χ1n) is 4.43. The van der Waals surface area contributed by atoms with Crippen LogP contribution in [-0.2, 0) is 9.59 Å². The van der Waals surface area contributed by atoms with Gasteiger partial charge in [-0.2, -0.15) is 0 Å². The summed E-state index contributed by atoms with van der Waals surface area (Å²) in [6, 6.07) is 0. The summed E-state index contributed by atoms with van der Waals surface area (Å²) >= 11 is 2.73. The Morgan fingerprint density at radius 3 is 1.43 bits per heavy atom. The predicted octanol–water partition coefficient (Wildman–Crippen LogP) is -0.724. The molecule has 0 N–H and O–H groups in total. The maximum absolute atomic E-state index is 8.89. The average molecular weight is 216 g/mol. The number of carbonyl (C=O) groups is 2. The van der Waals surface area contributed by atoms with Gasteiger partial charge in [-0.05, 0) is 13.8 Å². The molecule has 0 unspecified atom stereocenters. The van der Waals surface area contributed by atoms with Gasteiger partial charge in [-0.15, -0.1) is 0 Å². The molecule has 5 heteroatoms. The van der Waals surface area contributed by atoms with Gasteiger partial charge in [0.05, 0.1) is 0 Å². The zero-order chi connectivity index (χ0) is 12.0. The van der Waals surface area contributed by atoms with Crippen molar-refractivity contribution < 1.29 is 19.8 Å². The number of aliphatic carboxylic acids is 2. The number of carboxylic acids is 2. The number of carbonyl (C=O) groups excluding carboxylic acids is 2. The minimum atomic E-state index is -1.08. The Morgan fingerprint density at radius 2 is 1.36 bits per heavy atom. The second-order valence-electron chi connectivity index (χ2n) is 2.48. The van der Waals surface area contributed by atoms with Gasteiger partial charge in [0.25, 0.3) is 0 Å². The summed E-state index contributed by atoms with van der Waals surface area (Å²) in [6.07, 6.45) is 4.11. The summed E-state index contributed by atoms with van der Waals surface area (Å²) in [7, 11) is 0. The third-order valence-electron chi connectivity index (χ3n) is 0.808. The molecular weight excluding hydrogens is 199 g/mol. The second-order valence-corrected chi connectivity index (χ2v) is 3.06. The van der Waals surface area contributed by atoms with Crippen molar-refractivity contribution in [3.05, 3.63) is 0 Å². The Hall–Kier alpha value is -0.528. The fourth-order valence-electron chi connectivity index (χ4n) is 0.394. The molecule has 0 saturated heterocycles. The molecular formula is C9H17AlO4. The molecule has 14 heavy (non-hydrogen) atoms. The Labute approximate surface area is 93.7 Å². The van der Waals surface area contributed by atoms with Gasteiger partial charge in [-0.3, -0.25) is 0 Å². The summed E-state index contributed by atoms with van der Waals surface area (Å²) in [5, 5.41) is 19.0. The van der Waals surface area contributed by atoms with Crippen LogP contribution in [0.4, 0.5) is 0 Å². The molecule has 0 spiro atoms. The maximum atomic E-state index is 8.89. The van der Waals surface area contributed by atoms with Crippen molar-refractivity contribution in [1.29, 1.82) is 0 Å². The van der Waals surface area contributed by atoms with Gasteiger partial charge in [0.2, 0.25) is 0 Å². The monoisotopic (exact) mass is 216 g/mol. The van der Waals surface area contributed by atoms with Gasteiger partial charge < -0.3 is 19.8 Å². The minimum absolute atomic E-state index is 0.972. The molecule has 0 radical (unpaired) electrons. The third kappa shape index (κ3) is 206. The van der Waals surface area contributed by atoms with E-state index in [4.69, 9.17) is 19.8 Å². The molecule has 0 heterocycles. The molecule has 0 aromatic rings. The van der Waals surface area contributed by atoms with Gasteiger partial charge in [0.1, 0.15) is 0 Å². The van der Waals surface area contributed by atoms with E-state index >= 15 is 0 Å². The topological polar surface area (TPSA) is 80.3 Å². The van der Waals surface area contributed by atoms with E-state index in [0.717, 1.165) is 13.8 Å². The van der Waals surface area contributed by atoms with Gasteiger partial charge in [0.15, 0.2) is 0 Å². The predicted molar refractivity (Wildman–Crippen MR) is 51.4 cm³/mol. The molecule has 0 bridgehead atoms. The zero-order valence-electron chi connectivity index (χ0n) is 9.04. The first kappa shape index (κ1) is 19.1. The van der Waals surface area contributed by atoms with E-state index in [0.29, 0.717) is 0 Å². The van der Waals surface area contributed by atoms with E-state index in [1.807, 2.05) is 0 Å². The van der Waals surface area contributed by atoms with E-state index in [1.54, 1.807) is 0 Å². The first-order valence-corrected chi connectivity index (χ1v) is 5.25. The molecule has 0 aromatic heterocycles. The van der Waals surface area contributed by atoms with Crippen LogP contribution in [0.25, 0.3) is 0 Å². The van der Waals surface area contributed by atoms with Crippen molar-refractivity contribution in [2.24, 2.45) is 0 Å². The van der Waals surface area contributed by atoms with Crippen molar-refractivity contribution in [3.63, 3.8) is 0 Å². The Bertz CT molecular complexity index is 113. The van der Waals surface area contributed by atoms with Crippen LogP contribution in [0.2, 0.25) is 5.28 Å². The van der Waals surface area contributed by atoms with Crippen LogP contribution >= 0.6 is 0 Å². The Morgan fingerprint density at radius 1 is 1.07 bits per heavy atom. The SMILES string of the molecule is CC(=O)[O-].CC(=O)[O-].CCCC[CH2][Al+2]. The standard InChI is InChI=1S/C5H11.2C2H4O2.Al/c1-3-5-4-2;2*1-2(3)4;/h1,3-5H2,2H3;2*1H3,(H,3,4);/q;;;+2/p-2. The molecule has 0 aliphatic heterocycles. The van der Waals surface area contributed by atoms with Crippen molar-refractivity contribution in [1.82, 2.24) is 0 Å². The van der Waals surface area contributed by atoms with Gasteiger partial charge in [-0.1, -0.05) is 0 Å². The van der Waals surface area contributed by atoms with Gasteiger partial charge in [0, 0.05) is 11.9 Å². The van der Waals surface area contributed by atoms with Crippen LogP contribution < -0.4 is 10.2 Å². The van der Waals surface area contributed by atoms with Crippen LogP contribution in [0, 0.1) is 0 Å². The summed E-state index contributed by atoms with van der Waals surface area (Å²) in [5.74, 6) is -2.17. The Balaban J connectivity index is -0.000000135. The number of carboxylic acid groups (broad SMARTS) is 2. The molecule has 80 valence electrons. The van der Waals surface area contributed by atoms with Crippen LogP contribution in [0.5, 0.6) is 0 Å². The summed E-state index contributed by atoms with van der Waals surface area (Å²) < 4.78 is 0. The molecule has 0 aliphatic carbocycles. The van der Waals surface area contributed by atoms with E-state index in [-0.39, 0.29) is 0 Å². The summed E-state index contributed by atoms with van der Waals surface area (Å²) in [5.41, 5.74) is 0. The zero-order valence-corrected chi connectivity index (χ0v) is 10.2. The molecule has 0 atom stereocenters. The third-order valence-corrected chi connectivity index (χ3v) is 1.22. The molecule has 0 saturated carbocycles. The summed E-state index contributed by atoms with van der Waals surface area (Å²) in [4.78, 5) is 17.8. The second kappa shape index (κ2) is 18.3. The number of hydrogen-bond acceptors (Lipinski definition) is 4. The molecule has 0 aliphatic rings. The van der Waals surface area contributed by atoms with Crippen LogP contribution in [-0.4, -0.2) is 28.2 Å². The average Bonchev–Trinajstić information content (AvgIpc) is 1.98. The molecule has 0 rings (SSSR count). The Kier molecular flexibility index (Phi) is 25.0. The van der Waals surface area contributed by atoms with Crippen molar-refractivity contribution >= 4 is 28.2 Å². The molecule has 0 amide bonds. The molecule has 0 aromatic carbocycles. The first-order chi connectivity index (χ1) is 6.38. The van der Waals surface area contributed by atoms with Crippen molar-refractivity contribution in [2.75, 3.05) is 0 Å². The van der Waals surface area contributed by atoms with Gasteiger partial charge >= 0.3 is 47.8 Å². The number of hydrogen-bond donors (Lipinski definition) is 0. The van der Waals surface area contributed by atoms with Crippen LogP contribution in [0.15, 0.2) is 0 Å². The number of unbranched alkanes of at least 4 members (excludes halogenated alkanes) is 2. The molecule has 4 nitrogen and oxygen atoms in total. The van der Waals surface area contributed by atoms with Gasteiger partial charge in [-0.25, -0.2) is 0 Å². The molecule has 0 fully saturated rings. The fourth-order valence-corrected chi connectivity index (χ4v) is 0.683. The normalized spacial score (nSPS) is 7.50. The van der Waals surface area contributed by atoms with Crippen LogP contribution in [0.3, 0.4) is 0 Å². The summed E-state index contributed by atoms with van der Waals surface area (Å²) in [6.45, 7) is 4.17. The van der Waals surface area contributed by atoms with E-state index in [9.17, 15) is 0 Å². The number of rotatable bonds is 3. The van der Waals surface area contributed by atoms with E-state index < -0.39 is 11.9 Å². The van der Waals surface area contributed by atoms with Crippen molar-refractivity contribution in [3.8, 4) is 0 Å². The quantitative estimate of drug-likeness (QED) is 0.460. The van der Waals surface area contributed by atoms with E-state index in [1.165, 1.54) is 24.5 Å². The van der Waals surface area contributed by atoms with E-state index in [2.05, 4.69) is 23.2 Å². The van der Waals surface area contributed by atoms with Crippen LogP contribution in [0.1, 0.15) is 40.0 Å². The fraction of sp³-hybridized carbons (Fsp3) is 0.778. The van der Waals surface area contributed by atoms with Crippen molar-refractivity contribution in [2.45, 2.75) is 45.3 Å².